The Morgan fingerprint density at radius 3 is 1.93 bits per heavy atom. The van der Waals surface area contributed by atoms with Crippen LogP contribution in [0.2, 0.25) is 0 Å². The smallest absolute Gasteiger partial charge is 0.0920 e. The molecule has 1 heterocycles. The molecule has 1 aliphatic rings. The lowest BCUT2D eigenvalue weighted by Gasteiger charge is -2.42. The maximum absolute atomic E-state index is 11.2. The molecule has 0 spiro atoms. The molecule has 0 aromatic heterocycles. The van der Waals surface area contributed by atoms with Gasteiger partial charge in [0.05, 0.1) is 11.6 Å². The Morgan fingerprint density at radius 1 is 0.786 bits per heavy atom. The minimum absolute atomic E-state index is 0. The van der Waals surface area contributed by atoms with E-state index in [-0.39, 0.29) is 18.4 Å². The third kappa shape index (κ3) is 4.15. The van der Waals surface area contributed by atoms with Crippen LogP contribution < -0.4 is 0 Å². The minimum Gasteiger partial charge on any atom is -0.385 e. The zero-order chi connectivity index (χ0) is 18.7. The van der Waals surface area contributed by atoms with Gasteiger partial charge >= 0.3 is 0 Å². The fourth-order valence-corrected chi connectivity index (χ4v) is 4.31. The molecule has 1 fully saturated rings. The third-order valence-electron chi connectivity index (χ3n) is 5.90. The Morgan fingerprint density at radius 2 is 1.32 bits per heavy atom. The van der Waals surface area contributed by atoms with Crippen LogP contribution in [-0.4, -0.2) is 23.1 Å². The average Bonchev–Trinajstić information content (AvgIpc) is 2.73. The van der Waals surface area contributed by atoms with Crippen molar-refractivity contribution in [3.8, 4) is 0 Å². The van der Waals surface area contributed by atoms with E-state index in [1.807, 2.05) is 30.3 Å². The maximum Gasteiger partial charge on any atom is 0.0920 e. The number of nitrogens with zero attached hydrogens (tertiary/aromatic N) is 1. The molecule has 0 aliphatic carbocycles. The van der Waals surface area contributed by atoms with Gasteiger partial charge in [-0.1, -0.05) is 84.9 Å². The van der Waals surface area contributed by atoms with Gasteiger partial charge in [0, 0.05) is 13.1 Å². The van der Waals surface area contributed by atoms with E-state index in [1.54, 1.807) is 0 Å². The molecule has 1 atom stereocenters. The molecule has 0 radical (unpaired) electrons. The summed E-state index contributed by atoms with van der Waals surface area (Å²) in [7, 11) is 0. The predicted molar refractivity (Wildman–Crippen MR) is 118 cm³/mol. The van der Waals surface area contributed by atoms with Gasteiger partial charge in [-0.3, -0.25) is 4.90 Å². The molecule has 1 saturated heterocycles. The summed E-state index contributed by atoms with van der Waals surface area (Å²) in [5.74, 6) is 0. The number of rotatable bonds is 4. The number of piperidine rings is 1. The van der Waals surface area contributed by atoms with Crippen LogP contribution in [0.4, 0.5) is 0 Å². The quantitative estimate of drug-likeness (QED) is 0.633. The van der Waals surface area contributed by atoms with E-state index in [0.717, 1.165) is 31.5 Å². The summed E-state index contributed by atoms with van der Waals surface area (Å²) >= 11 is 0. The molecule has 1 aliphatic heterocycles. The summed E-state index contributed by atoms with van der Waals surface area (Å²) in [6.07, 6.45) is 1.51. The lowest BCUT2D eigenvalue weighted by Crippen LogP contribution is -2.44. The Kier molecular flexibility index (Phi) is 6.56. The van der Waals surface area contributed by atoms with E-state index in [1.165, 1.54) is 16.7 Å². The molecule has 2 nitrogen and oxygen atoms in total. The molecular weight excluding hydrogens is 366 g/mol. The van der Waals surface area contributed by atoms with Crippen LogP contribution >= 0.6 is 12.4 Å². The summed E-state index contributed by atoms with van der Waals surface area (Å²) in [5.41, 5.74) is 4.31. The van der Waals surface area contributed by atoms with Crippen molar-refractivity contribution < 1.29 is 5.11 Å². The zero-order valence-electron chi connectivity index (χ0n) is 16.3. The third-order valence-corrected chi connectivity index (χ3v) is 5.90. The van der Waals surface area contributed by atoms with Crippen molar-refractivity contribution in [1.29, 1.82) is 0 Å². The highest BCUT2D eigenvalue weighted by Gasteiger charge is 2.36. The number of aryl methyl sites for hydroxylation is 1. The zero-order valence-corrected chi connectivity index (χ0v) is 17.1. The molecule has 1 unspecified atom stereocenters. The Balaban J connectivity index is 0.00000225. The first kappa shape index (κ1) is 20.6. The van der Waals surface area contributed by atoms with Crippen molar-refractivity contribution in [3.63, 3.8) is 0 Å². The fourth-order valence-electron chi connectivity index (χ4n) is 4.31. The Labute approximate surface area is 174 Å². The van der Waals surface area contributed by atoms with Gasteiger partial charge in [0.15, 0.2) is 0 Å². The van der Waals surface area contributed by atoms with Crippen molar-refractivity contribution >= 4 is 12.4 Å². The number of benzene rings is 3. The fraction of sp³-hybridized carbons (Fsp3) is 0.280. The van der Waals surface area contributed by atoms with Gasteiger partial charge in [-0.2, -0.15) is 0 Å². The second-order valence-corrected chi connectivity index (χ2v) is 7.60. The second kappa shape index (κ2) is 8.91. The van der Waals surface area contributed by atoms with E-state index >= 15 is 0 Å². The van der Waals surface area contributed by atoms with Gasteiger partial charge in [-0.05, 0) is 42.0 Å². The highest BCUT2D eigenvalue weighted by molar-refractivity contribution is 5.85. The number of hydrogen-bond donors (Lipinski definition) is 1. The van der Waals surface area contributed by atoms with Gasteiger partial charge in [0.2, 0.25) is 0 Å². The Bertz CT molecular complexity index is 873. The molecule has 3 aromatic carbocycles. The highest BCUT2D eigenvalue weighted by Crippen LogP contribution is 2.38. The lowest BCUT2D eigenvalue weighted by atomic mass is 9.83. The Hall–Kier alpha value is -2.13. The van der Waals surface area contributed by atoms with Gasteiger partial charge in [-0.25, -0.2) is 0 Å². The second-order valence-electron chi connectivity index (χ2n) is 7.60. The first-order valence-electron chi connectivity index (χ1n) is 9.80. The van der Waals surface area contributed by atoms with E-state index in [4.69, 9.17) is 0 Å². The number of hydrogen-bond acceptors (Lipinski definition) is 2. The van der Waals surface area contributed by atoms with E-state index < -0.39 is 5.60 Å². The van der Waals surface area contributed by atoms with Crippen LogP contribution in [0.3, 0.4) is 0 Å². The van der Waals surface area contributed by atoms with Crippen molar-refractivity contribution in [1.82, 2.24) is 4.90 Å². The minimum atomic E-state index is -0.718. The summed E-state index contributed by atoms with van der Waals surface area (Å²) < 4.78 is 0. The number of likely N-dealkylation sites (tertiary alicyclic amines) is 1. The van der Waals surface area contributed by atoms with E-state index in [9.17, 15) is 5.11 Å². The normalized spacial score (nSPS) is 17.5. The molecule has 0 bridgehead atoms. The van der Waals surface area contributed by atoms with Gasteiger partial charge < -0.3 is 5.11 Å². The van der Waals surface area contributed by atoms with Crippen LogP contribution in [0.25, 0.3) is 0 Å². The van der Waals surface area contributed by atoms with E-state index in [2.05, 4.69) is 66.4 Å². The predicted octanol–water partition coefficient (Wildman–Crippen LogP) is 5.49. The number of aliphatic hydroxyl groups is 1. The van der Waals surface area contributed by atoms with Crippen molar-refractivity contribution in [2.24, 2.45) is 0 Å². The van der Waals surface area contributed by atoms with Crippen LogP contribution in [0, 0.1) is 6.92 Å². The van der Waals surface area contributed by atoms with Gasteiger partial charge in [0.1, 0.15) is 0 Å². The standard InChI is InChI=1S/C25H27NO.ClH/c1-20-10-8-9-15-23(20)24(21-11-4-2-5-12-21)26-18-16-25(27,17-19-26)22-13-6-3-7-14-22;/h2-15,24,27H,16-19H2,1H3;1H. The van der Waals surface area contributed by atoms with Crippen molar-refractivity contribution in [2.45, 2.75) is 31.4 Å². The topological polar surface area (TPSA) is 23.5 Å². The first-order valence-corrected chi connectivity index (χ1v) is 9.80. The largest absolute Gasteiger partial charge is 0.385 e. The van der Waals surface area contributed by atoms with Crippen LogP contribution in [-0.2, 0) is 5.60 Å². The average molecular weight is 394 g/mol. The van der Waals surface area contributed by atoms with Crippen molar-refractivity contribution in [3.05, 3.63) is 107 Å². The molecule has 0 amide bonds. The molecule has 3 heteroatoms. The van der Waals surface area contributed by atoms with E-state index in [0.29, 0.717) is 0 Å². The van der Waals surface area contributed by atoms with Gasteiger partial charge in [0.25, 0.3) is 0 Å². The first-order chi connectivity index (χ1) is 13.2. The summed E-state index contributed by atoms with van der Waals surface area (Å²) in [6, 6.07) is 29.8. The maximum atomic E-state index is 11.2. The van der Waals surface area contributed by atoms with Gasteiger partial charge in [-0.15, -0.1) is 12.4 Å². The molecule has 0 saturated carbocycles. The summed E-state index contributed by atoms with van der Waals surface area (Å²) in [4.78, 5) is 2.52. The monoisotopic (exact) mass is 393 g/mol. The molecule has 1 N–H and O–H groups in total. The van der Waals surface area contributed by atoms with Crippen LogP contribution in [0.1, 0.15) is 41.1 Å². The summed E-state index contributed by atoms with van der Waals surface area (Å²) in [6.45, 7) is 3.94. The molecular formula is C25H28ClNO. The van der Waals surface area contributed by atoms with Crippen LogP contribution in [0.5, 0.6) is 0 Å². The van der Waals surface area contributed by atoms with Crippen LogP contribution in [0.15, 0.2) is 84.9 Å². The number of halogens is 1. The summed E-state index contributed by atoms with van der Waals surface area (Å²) in [5, 5.41) is 11.2. The molecule has 146 valence electrons. The lowest BCUT2D eigenvalue weighted by molar-refractivity contribution is -0.0325. The molecule has 4 rings (SSSR count). The highest BCUT2D eigenvalue weighted by atomic mass is 35.5. The molecule has 3 aromatic rings. The molecule has 28 heavy (non-hydrogen) atoms. The van der Waals surface area contributed by atoms with Crippen molar-refractivity contribution in [2.75, 3.05) is 13.1 Å². The SMILES string of the molecule is Cc1ccccc1C(c1ccccc1)N1CCC(O)(c2ccccc2)CC1.Cl.